The lowest BCUT2D eigenvalue weighted by Gasteiger charge is -2.16. The van der Waals surface area contributed by atoms with E-state index < -0.39 is 41.0 Å². The molecule has 0 aromatic carbocycles. The van der Waals surface area contributed by atoms with Gasteiger partial charge in [0.15, 0.2) is 0 Å². The zero-order valence-corrected chi connectivity index (χ0v) is 9.96. The van der Waals surface area contributed by atoms with Crippen molar-refractivity contribution in [2.45, 2.75) is 19.5 Å². The number of halogens is 5. The van der Waals surface area contributed by atoms with Crippen LogP contribution in [-0.4, -0.2) is 17.6 Å². The molecule has 0 bridgehead atoms. The Morgan fingerprint density at radius 2 is 2.10 bits per heavy atom. The van der Waals surface area contributed by atoms with Crippen LogP contribution in [0.25, 0.3) is 0 Å². The summed E-state index contributed by atoms with van der Waals surface area (Å²) in [5.74, 6) is -1.43. The van der Waals surface area contributed by atoms with Gasteiger partial charge in [-0.15, -0.1) is 0 Å². The highest BCUT2D eigenvalue weighted by Gasteiger charge is 2.42. The van der Waals surface area contributed by atoms with Gasteiger partial charge in [-0.1, -0.05) is 0 Å². The van der Waals surface area contributed by atoms with Crippen LogP contribution in [0.4, 0.5) is 22.0 Å². The molecule has 0 atom stereocenters. The van der Waals surface area contributed by atoms with Crippen LogP contribution >= 0.6 is 0 Å². The van der Waals surface area contributed by atoms with Crippen molar-refractivity contribution in [1.29, 1.82) is 5.26 Å². The number of carbonyl (C=O) groups is 1. The van der Waals surface area contributed by atoms with Crippen LogP contribution in [0.3, 0.4) is 0 Å². The van der Waals surface area contributed by atoms with E-state index in [1.807, 2.05) is 0 Å². The summed E-state index contributed by atoms with van der Waals surface area (Å²) in [6, 6.07) is 1.14. The molecule has 0 amide bonds. The van der Waals surface area contributed by atoms with E-state index in [0.29, 0.717) is 6.20 Å². The zero-order valence-electron chi connectivity index (χ0n) is 9.96. The quantitative estimate of drug-likeness (QED) is 0.635. The third-order valence-corrected chi connectivity index (χ3v) is 2.22. The molecule has 1 aromatic rings. The summed E-state index contributed by atoms with van der Waals surface area (Å²) in [5, 5.41) is 8.56. The number of ether oxygens (including phenoxy) is 1. The number of alkyl halides is 5. The monoisotopic (exact) mass is 294 g/mol. The highest BCUT2D eigenvalue weighted by Crippen LogP contribution is 2.39. The molecular formula is C11H7F5N2O2. The number of nitriles is 1. The van der Waals surface area contributed by atoms with E-state index in [1.165, 1.54) is 6.92 Å². The largest absolute Gasteiger partial charge is 0.462 e. The van der Waals surface area contributed by atoms with Gasteiger partial charge in [-0.05, 0) is 6.92 Å². The van der Waals surface area contributed by atoms with E-state index in [9.17, 15) is 26.7 Å². The van der Waals surface area contributed by atoms with E-state index in [2.05, 4.69) is 9.72 Å². The molecule has 9 heteroatoms. The van der Waals surface area contributed by atoms with Crippen molar-refractivity contribution >= 4 is 5.97 Å². The van der Waals surface area contributed by atoms with E-state index in [4.69, 9.17) is 5.26 Å². The van der Waals surface area contributed by atoms with Crippen molar-refractivity contribution in [1.82, 2.24) is 4.98 Å². The van der Waals surface area contributed by atoms with Gasteiger partial charge >= 0.3 is 12.1 Å². The van der Waals surface area contributed by atoms with Crippen molar-refractivity contribution in [3.8, 4) is 6.07 Å². The van der Waals surface area contributed by atoms with Crippen LogP contribution in [-0.2, 0) is 10.9 Å². The van der Waals surface area contributed by atoms with Crippen molar-refractivity contribution in [3.63, 3.8) is 0 Å². The summed E-state index contributed by atoms with van der Waals surface area (Å²) < 4.78 is 68.7. The standard InChI is InChI=1S/C11H7F5N2O2/c1-2-20-10(19)5-4-18-6(3-17)7(9(12)13)8(5)11(14,15)16/h4,9H,2H2,1H3. The molecule has 0 unspecified atom stereocenters. The highest BCUT2D eigenvalue weighted by molar-refractivity contribution is 5.91. The van der Waals surface area contributed by atoms with Gasteiger partial charge in [0.2, 0.25) is 0 Å². The Kier molecular flexibility index (Phi) is 4.60. The normalized spacial score (nSPS) is 11.3. The number of rotatable bonds is 3. The maximum atomic E-state index is 12.9. The SMILES string of the molecule is CCOC(=O)c1cnc(C#N)c(C(F)F)c1C(F)(F)F. The van der Waals surface area contributed by atoms with Gasteiger partial charge < -0.3 is 4.74 Å². The Morgan fingerprint density at radius 3 is 2.50 bits per heavy atom. The minimum Gasteiger partial charge on any atom is -0.462 e. The third kappa shape index (κ3) is 3.01. The van der Waals surface area contributed by atoms with Gasteiger partial charge in [0.1, 0.15) is 11.8 Å². The average Bonchev–Trinajstić information content (AvgIpc) is 2.35. The maximum Gasteiger partial charge on any atom is 0.417 e. The lowest BCUT2D eigenvalue weighted by Crippen LogP contribution is -2.20. The molecule has 4 nitrogen and oxygen atoms in total. The summed E-state index contributed by atoms with van der Waals surface area (Å²) in [5.41, 5.74) is -5.74. The Morgan fingerprint density at radius 1 is 1.50 bits per heavy atom. The number of esters is 1. The first-order chi connectivity index (χ1) is 9.23. The fourth-order valence-electron chi connectivity index (χ4n) is 1.50. The predicted octanol–water partition coefficient (Wildman–Crippen LogP) is 3.09. The second-order valence-corrected chi connectivity index (χ2v) is 3.44. The molecule has 108 valence electrons. The van der Waals surface area contributed by atoms with Crippen molar-refractivity contribution in [2.75, 3.05) is 6.61 Å². The molecule has 0 aliphatic carbocycles. The van der Waals surface area contributed by atoms with Crippen LogP contribution in [0, 0.1) is 11.3 Å². The van der Waals surface area contributed by atoms with Crippen LogP contribution in [0.1, 0.15) is 40.5 Å². The fraction of sp³-hybridized carbons (Fsp3) is 0.364. The second kappa shape index (κ2) is 5.81. The Balaban J connectivity index is 3.68. The Bertz CT molecular complexity index is 563. The molecular weight excluding hydrogens is 287 g/mol. The second-order valence-electron chi connectivity index (χ2n) is 3.44. The van der Waals surface area contributed by atoms with Crippen molar-refractivity contribution in [2.24, 2.45) is 0 Å². The average molecular weight is 294 g/mol. The molecule has 0 aliphatic heterocycles. The highest BCUT2D eigenvalue weighted by atomic mass is 19.4. The minimum absolute atomic E-state index is 0.236. The molecule has 0 saturated heterocycles. The van der Waals surface area contributed by atoms with E-state index in [-0.39, 0.29) is 6.61 Å². The van der Waals surface area contributed by atoms with Crippen molar-refractivity contribution < 1.29 is 31.5 Å². The van der Waals surface area contributed by atoms with E-state index in [1.54, 1.807) is 0 Å². The Labute approximate surface area is 109 Å². The van der Waals surface area contributed by atoms with Crippen LogP contribution in [0.15, 0.2) is 6.20 Å². The molecule has 1 rings (SSSR count). The molecule has 0 spiro atoms. The molecule has 0 radical (unpaired) electrons. The van der Waals surface area contributed by atoms with E-state index >= 15 is 0 Å². The first kappa shape index (κ1) is 15.8. The van der Waals surface area contributed by atoms with Crippen LogP contribution in [0.5, 0.6) is 0 Å². The predicted molar refractivity (Wildman–Crippen MR) is 54.9 cm³/mol. The number of hydrogen-bond acceptors (Lipinski definition) is 4. The van der Waals surface area contributed by atoms with Gasteiger partial charge in [0.25, 0.3) is 6.43 Å². The van der Waals surface area contributed by atoms with Crippen molar-refractivity contribution in [3.05, 3.63) is 28.6 Å². The lowest BCUT2D eigenvalue weighted by atomic mass is 10.0. The number of hydrogen-bond donors (Lipinski definition) is 0. The first-order valence-electron chi connectivity index (χ1n) is 5.19. The minimum atomic E-state index is -5.25. The third-order valence-electron chi connectivity index (χ3n) is 2.22. The first-order valence-corrected chi connectivity index (χ1v) is 5.19. The molecule has 20 heavy (non-hydrogen) atoms. The van der Waals surface area contributed by atoms with Crippen LogP contribution < -0.4 is 0 Å². The van der Waals surface area contributed by atoms with E-state index in [0.717, 1.165) is 6.07 Å². The summed E-state index contributed by atoms with van der Waals surface area (Å²) in [6.45, 7) is 1.11. The van der Waals surface area contributed by atoms with Gasteiger partial charge in [0, 0.05) is 6.20 Å². The lowest BCUT2D eigenvalue weighted by molar-refractivity contribution is -0.140. The smallest absolute Gasteiger partial charge is 0.417 e. The summed E-state index contributed by atoms with van der Waals surface area (Å²) in [6.07, 6.45) is -8.45. The molecule has 1 aromatic heterocycles. The Hall–Kier alpha value is -2.24. The van der Waals surface area contributed by atoms with Gasteiger partial charge in [-0.25, -0.2) is 18.6 Å². The number of aromatic nitrogens is 1. The molecule has 0 aliphatic rings. The molecule has 1 heterocycles. The number of nitrogens with zero attached hydrogens (tertiary/aromatic N) is 2. The topological polar surface area (TPSA) is 63.0 Å². The maximum absolute atomic E-state index is 12.9. The zero-order chi connectivity index (χ0) is 15.5. The van der Waals surface area contributed by atoms with Gasteiger partial charge in [-0.3, -0.25) is 0 Å². The fourth-order valence-corrected chi connectivity index (χ4v) is 1.50. The molecule has 0 saturated carbocycles. The summed E-state index contributed by atoms with van der Waals surface area (Å²) >= 11 is 0. The van der Waals surface area contributed by atoms with Gasteiger partial charge in [0.05, 0.1) is 23.3 Å². The molecule has 0 fully saturated rings. The number of pyridine rings is 1. The van der Waals surface area contributed by atoms with Gasteiger partial charge in [-0.2, -0.15) is 18.4 Å². The summed E-state index contributed by atoms with van der Waals surface area (Å²) in [7, 11) is 0. The molecule has 0 N–H and O–H groups in total. The van der Waals surface area contributed by atoms with Crippen LogP contribution in [0.2, 0.25) is 0 Å². The summed E-state index contributed by atoms with van der Waals surface area (Å²) in [4.78, 5) is 14.6. The number of carbonyl (C=O) groups excluding carboxylic acids is 1.